The van der Waals surface area contributed by atoms with Crippen molar-refractivity contribution in [3.63, 3.8) is 0 Å². The summed E-state index contributed by atoms with van der Waals surface area (Å²) in [6.07, 6.45) is 11.9. The van der Waals surface area contributed by atoms with Gasteiger partial charge in [-0.2, -0.15) is 0 Å². The number of aryl methyl sites for hydroxylation is 1. The van der Waals surface area contributed by atoms with Gasteiger partial charge in [0.2, 0.25) is 5.78 Å². The molecule has 1 aliphatic rings. The Labute approximate surface area is 299 Å². The van der Waals surface area contributed by atoms with Gasteiger partial charge in [0.05, 0.1) is 20.6 Å². The number of halogens is 2. The van der Waals surface area contributed by atoms with Crippen molar-refractivity contribution in [2.45, 2.75) is 121 Å². The van der Waals surface area contributed by atoms with Gasteiger partial charge in [0.1, 0.15) is 16.3 Å². The number of nitrogen functional groups attached to an aromatic ring is 1. The lowest BCUT2D eigenvalue weighted by molar-refractivity contribution is 0.0381. The van der Waals surface area contributed by atoms with E-state index in [4.69, 9.17) is 33.7 Å². The van der Waals surface area contributed by atoms with Gasteiger partial charge in [0.15, 0.2) is 11.7 Å². The van der Waals surface area contributed by atoms with Crippen LogP contribution in [0.25, 0.3) is 0 Å². The molecule has 47 heavy (non-hydrogen) atoms. The van der Waals surface area contributed by atoms with E-state index in [-0.39, 0.29) is 36.1 Å². The minimum Gasteiger partial charge on any atom is -0.481 e. The molecule has 2 aromatic rings. The maximum absolute atomic E-state index is 12.2. The number of hydrogen-bond acceptors (Lipinski definition) is 7. The molecule has 6 nitrogen and oxygen atoms in total. The highest BCUT2D eigenvalue weighted by molar-refractivity contribution is 7.14. The topological polar surface area (TPSA) is 85.5 Å². The van der Waals surface area contributed by atoms with Crippen LogP contribution in [0.2, 0.25) is 10.0 Å². The number of aromatic nitrogens is 1. The standard InChI is InChI=1S/C16H29N.C11H8Cl2N2OS.C10H18O2.CH4/c1-5-12-17(13-6-2)16-10-8-15(9-11-16)14(4)7-3;1-5-15-11(14)10(17-5)9(16)8-6(12)3-2-4-7(8)13;1-6-8(2)9(7-11)12-10(3,4)5;/h8,10,14H,5-7,9,11-13H2,1-4H3;2-4H,14H2,1H3;8H,6H2,1-5H3;1H4. The van der Waals surface area contributed by atoms with Crippen LogP contribution in [0.4, 0.5) is 5.82 Å². The molecule has 1 aromatic heterocycles. The maximum Gasteiger partial charge on any atom is 0.209 e. The third-order valence-electron chi connectivity index (χ3n) is 7.53. The first-order chi connectivity index (χ1) is 21.6. The summed E-state index contributed by atoms with van der Waals surface area (Å²) in [7, 11) is 0. The van der Waals surface area contributed by atoms with Crippen LogP contribution in [0, 0.1) is 18.8 Å². The van der Waals surface area contributed by atoms with Gasteiger partial charge in [0.25, 0.3) is 0 Å². The van der Waals surface area contributed by atoms with Crippen molar-refractivity contribution in [3.05, 3.63) is 72.9 Å². The molecule has 0 spiro atoms. The molecule has 0 saturated carbocycles. The van der Waals surface area contributed by atoms with Crippen LogP contribution in [0.1, 0.15) is 129 Å². The molecule has 2 unspecified atom stereocenters. The number of nitrogens with two attached hydrogens (primary N) is 1. The molecule has 1 heterocycles. The largest absolute Gasteiger partial charge is 0.481 e. The van der Waals surface area contributed by atoms with Crippen LogP contribution in [-0.2, 0) is 9.53 Å². The third-order valence-corrected chi connectivity index (χ3v) is 9.15. The fourth-order valence-corrected chi connectivity index (χ4v) is 6.04. The Morgan fingerprint density at radius 2 is 1.62 bits per heavy atom. The summed E-state index contributed by atoms with van der Waals surface area (Å²) >= 11 is 13.2. The highest BCUT2D eigenvalue weighted by atomic mass is 35.5. The van der Waals surface area contributed by atoms with Gasteiger partial charge >= 0.3 is 0 Å². The Balaban J connectivity index is 0.000000681. The second-order valence-electron chi connectivity index (χ2n) is 12.6. The average Bonchev–Trinajstić information content (AvgIpc) is 3.36. The molecule has 2 N–H and O–H groups in total. The molecule has 2 atom stereocenters. The third kappa shape index (κ3) is 15.0. The minimum atomic E-state index is -0.295. The number of allylic oxidation sites excluding steroid dienone is 5. The monoisotopic (exact) mass is 707 g/mol. The van der Waals surface area contributed by atoms with E-state index in [0.717, 1.165) is 17.3 Å². The Hall–Kier alpha value is -2.57. The number of carbonyl (C=O) groups is 1. The number of ether oxygens (including phenoxy) is 1. The Morgan fingerprint density at radius 3 is 2.00 bits per heavy atom. The van der Waals surface area contributed by atoms with Crippen LogP contribution in [-0.4, -0.2) is 40.3 Å². The van der Waals surface area contributed by atoms with E-state index in [1.165, 1.54) is 56.5 Å². The fraction of sp³-hybridized carbons (Fsp3) is 0.579. The summed E-state index contributed by atoms with van der Waals surface area (Å²) in [5, 5.41) is 1.36. The Bertz CT molecular complexity index is 1340. The number of carbonyl (C=O) groups excluding carboxylic acids is 2. The van der Waals surface area contributed by atoms with Gasteiger partial charge in [-0.15, -0.1) is 11.3 Å². The van der Waals surface area contributed by atoms with Crippen molar-refractivity contribution in [2.24, 2.45) is 11.8 Å². The van der Waals surface area contributed by atoms with Gasteiger partial charge < -0.3 is 15.4 Å². The van der Waals surface area contributed by atoms with E-state index in [2.05, 4.69) is 49.7 Å². The first-order valence-corrected chi connectivity index (χ1v) is 18.0. The van der Waals surface area contributed by atoms with E-state index in [0.29, 0.717) is 20.7 Å². The molecule has 0 amide bonds. The predicted octanol–water partition coefficient (Wildman–Crippen LogP) is 11.5. The van der Waals surface area contributed by atoms with E-state index < -0.39 is 0 Å². The van der Waals surface area contributed by atoms with E-state index >= 15 is 0 Å². The zero-order valence-electron chi connectivity index (χ0n) is 29.6. The number of ketones is 1. The Morgan fingerprint density at radius 1 is 1.04 bits per heavy atom. The fourth-order valence-electron chi connectivity index (χ4n) is 4.69. The van der Waals surface area contributed by atoms with Crippen LogP contribution < -0.4 is 5.73 Å². The molecule has 264 valence electrons. The molecule has 0 radical (unpaired) electrons. The highest BCUT2D eigenvalue weighted by Crippen LogP contribution is 2.31. The van der Waals surface area contributed by atoms with Gasteiger partial charge in [0, 0.05) is 24.7 Å². The van der Waals surface area contributed by atoms with Gasteiger partial charge in [-0.05, 0) is 90.3 Å². The quantitative estimate of drug-likeness (QED) is 0.134. The lowest BCUT2D eigenvalue weighted by Gasteiger charge is -2.29. The predicted molar refractivity (Wildman–Crippen MR) is 204 cm³/mol. The lowest BCUT2D eigenvalue weighted by Crippen LogP contribution is -2.25. The zero-order chi connectivity index (χ0) is 35.0. The van der Waals surface area contributed by atoms with Crippen molar-refractivity contribution >= 4 is 52.1 Å². The van der Waals surface area contributed by atoms with Gasteiger partial charge in [-0.1, -0.05) is 89.9 Å². The number of anilines is 1. The van der Waals surface area contributed by atoms with Crippen molar-refractivity contribution in [1.82, 2.24) is 9.88 Å². The molecular formula is C38H59Cl2N3O3S. The average molecular weight is 709 g/mol. The second kappa shape index (κ2) is 22.1. The van der Waals surface area contributed by atoms with Crippen LogP contribution in [0.5, 0.6) is 0 Å². The SMILES string of the molecule is C.CCC(C)C(=C=O)OC(C)(C)C.CCCN(CCC)C1=CC=C(C(C)CC)CC1.Cc1nc(N)c(C(=O)c2c(Cl)cccc2Cl)s1. The first-order valence-electron chi connectivity index (χ1n) is 16.4. The number of thiazole rings is 1. The zero-order valence-corrected chi connectivity index (χ0v) is 31.9. The molecular weight excluding hydrogens is 649 g/mol. The van der Waals surface area contributed by atoms with Crippen LogP contribution in [0.15, 0.2) is 47.4 Å². The summed E-state index contributed by atoms with van der Waals surface area (Å²) in [4.78, 5) is 29.7. The molecule has 1 aromatic carbocycles. The van der Waals surface area contributed by atoms with E-state index in [1.54, 1.807) is 36.4 Å². The number of nitrogens with zero attached hydrogens (tertiary/aromatic N) is 2. The first kappa shape index (κ1) is 44.4. The van der Waals surface area contributed by atoms with E-state index in [1.807, 2.05) is 40.6 Å². The summed E-state index contributed by atoms with van der Waals surface area (Å²) in [6, 6.07) is 4.91. The van der Waals surface area contributed by atoms with Crippen molar-refractivity contribution in [1.29, 1.82) is 0 Å². The van der Waals surface area contributed by atoms with Crippen molar-refractivity contribution < 1.29 is 14.3 Å². The summed E-state index contributed by atoms with van der Waals surface area (Å²) in [5.41, 5.74) is 8.85. The molecule has 9 heteroatoms. The summed E-state index contributed by atoms with van der Waals surface area (Å²) in [5.74, 6) is 3.15. The molecule has 3 rings (SSSR count). The summed E-state index contributed by atoms with van der Waals surface area (Å²) in [6.45, 7) is 23.1. The second-order valence-corrected chi connectivity index (χ2v) is 14.6. The lowest BCUT2D eigenvalue weighted by atomic mass is 9.90. The molecule has 0 aliphatic heterocycles. The van der Waals surface area contributed by atoms with Crippen LogP contribution >= 0.6 is 34.5 Å². The van der Waals surface area contributed by atoms with Crippen LogP contribution in [0.3, 0.4) is 0 Å². The highest BCUT2D eigenvalue weighted by Gasteiger charge is 2.22. The molecule has 1 aliphatic carbocycles. The van der Waals surface area contributed by atoms with Gasteiger partial charge in [-0.3, -0.25) is 4.79 Å². The normalized spacial score (nSPS) is 13.5. The smallest absolute Gasteiger partial charge is 0.209 e. The number of benzene rings is 1. The van der Waals surface area contributed by atoms with Gasteiger partial charge in [-0.25, -0.2) is 9.78 Å². The molecule has 0 bridgehead atoms. The molecule has 0 saturated heterocycles. The number of hydrogen-bond donors (Lipinski definition) is 1. The molecule has 0 fully saturated rings. The maximum atomic E-state index is 12.2. The minimum absolute atomic E-state index is 0. The van der Waals surface area contributed by atoms with Crippen molar-refractivity contribution in [2.75, 3.05) is 18.8 Å². The Kier molecular flexibility index (Phi) is 20.9. The van der Waals surface area contributed by atoms with E-state index in [9.17, 15) is 9.59 Å². The van der Waals surface area contributed by atoms with Crippen molar-refractivity contribution in [3.8, 4) is 0 Å². The summed E-state index contributed by atoms with van der Waals surface area (Å²) < 4.78 is 5.43. The number of rotatable bonds is 12.